The molecular weight excluding hydrogens is 286 g/mol. The predicted octanol–water partition coefficient (Wildman–Crippen LogP) is 2.68. The van der Waals surface area contributed by atoms with Crippen molar-refractivity contribution in [1.29, 1.82) is 0 Å². The van der Waals surface area contributed by atoms with Crippen LogP contribution in [0.2, 0.25) is 0 Å². The molecule has 0 saturated heterocycles. The SMILES string of the molecule is CCC(O)(CC)CNC(C)c1ccc(S(=O)(=O)CC)cc1. The summed E-state index contributed by atoms with van der Waals surface area (Å²) in [6.07, 6.45) is 1.41. The minimum Gasteiger partial charge on any atom is -0.389 e. The molecule has 0 amide bonds. The van der Waals surface area contributed by atoms with E-state index in [9.17, 15) is 13.5 Å². The molecule has 21 heavy (non-hydrogen) atoms. The van der Waals surface area contributed by atoms with Gasteiger partial charge in [0.1, 0.15) is 0 Å². The first-order valence-corrected chi connectivity index (χ1v) is 9.21. The fourth-order valence-corrected chi connectivity index (χ4v) is 2.98. The fourth-order valence-electron chi connectivity index (χ4n) is 2.09. The summed E-state index contributed by atoms with van der Waals surface area (Å²) in [6.45, 7) is 8.12. The first kappa shape index (κ1) is 18.1. The van der Waals surface area contributed by atoms with Gasteiger partial charge in [-0.2, -0.15) is 0 Å². The second kappa shape index (κ2) is 7.38. The van der Waals surface area contributed by atoms with Crippen LogP contribution in [-0.2, 0) is 9.84 Å². The number of hydrogen-bond acceptors (Lipinski definition) is 4. The second-order valence-corrected chi connectivity index (χ2v) is 7.78. The Labute approximate surface area is 128 Å². The van der Waals surface area contributed by atoms with Gasteiger partial charge in [0.15, 0.2) is 9.84 Å². The lowest BCUT2D eigenvalue weighted by atomic mass is 9.96. The van der Waals surface area contributed by atoms with Crippen LogP contribution in [0, 0.1) is 0 Å². The summed E-state index contributed by atoms with van der Waals surface area (Å²) in [5, 5.41) is 13.6. The Kier molecular flexibility index (Phi) is 6.38. The smallest absolute Gasteiger partial charge is 0.178 e. The Morgan fingerprint density at radius 2 is 1.67 bits per heavy atom. The number of rotatable bonds is 8. The van der Waals surface area contributed by atoms with Crippen LogP contribution in [0.15, 0.2) is 29.2 Å². The van der Waals surface area contributed by atoms with Crippen molar-refractivity contribution in [1.82, 2.24) is 5.32 Å². The predicted molar refractivity (Wildman–Crippen MR) is 86.1 cm³/mol. The van der Waals surface area contributed by atoms with Gasteiger partial charge in [-0.25, -0.2) is 8.42 Å². The standard InChI is InChI=1S/C16H27NO3S/c1-5-16(18,6-2)12-17-13(4)14-8-10-15(11-9-14)21(19,20)7-3/h8-11,13,17-18H,5-7,12H2,1-4H3. The highest BCUT2D eigenvalue weighted by Crippen LogP contribution is 2.19. The van der Waals surface area contributed by atoms with Crippen molar-refractivity contribution in [3.05, 3.63) is 29.8 Å². The van der Waals surface area contributed by atoms with Gasteiger partial charge in [-0.05, 0) is 37.5 Å². The molecule has 1 unspecified atom stereocenters. The van der Waals surface area contributed by atoms with E-state index in [1.807, 2.05) is 32.9 Å². The van der Waals surface area contributed by atoms with E-state index in [1.54, 1.807) is 19.1 Å². The zero-order valence-corrected chi connectivity index (χ0v) is 14.2. The maximum atomic E-state index is 11.8. The Morgan fingerprint density at radius 3 is 2.10 bits per heavy atom. The molecule has 0 aliphatic heterocycles. The molecule has 0 aliphatic rings. The van der Waals surface area contributed by atoms with Crippen LogP contribution in [0.5, 0.6) is 0 Å². The average Bonchev–Trinajstić information content (AvgIpc) is 2.52. The molecule has 2 N–H and O–H groups in total. The third kappa shape index (κ3) is 4.80. The van der Waals surface area contributed by atoms with Gasteiger partial charge in [-0.15, -0.1) is 0 Å². The molecule has 0 spiro atoms. The molecule has 1 rings (SSSR count). The molecular formula is C16H27NO3S. The summed E-state index contributed by atoms with van der Waals surface area (Å²) in [5.74, 6) is 0.111. The summed E-state index contributed by atoms with van der Waals surface area (Å²) < 4.78 is 23.5. The minimum absolute atomic E-state index is 0.0630. The van der Waals surface area contributed by atoms with Gasteiger partial charge < -0.3 is 10.4 Å². The summed E-state index contributed by atoms with van der Waals surface area (Å²) in [4.78, 5) is 0.361. The van der Waals surface area contributed by atoms with E-state index in [0.29, 0.717) is 24.3 Å². The lowest BCUT2D eigenvalue weighted by Crippen LogP contribution is -2.40. The van der Waals surface area contributed by atoms with Crippen LogP contribution in [0.4, 0.5) is 0 Å². The molecule has 0 aromatic heterocycles. The number of nitrogens with one attached hydrogen (secondary N) is 1. The minimum atomic E-state index is -3.14. The molecule has 120 valence electrons. The van der Waals surface area contributed by atoms with E-state index in [0.717, 1.165) is 5.56 Å². The molecule has 0 radical (unpaired) electrons. The monoisotopic (exact) mass is 313 g/mol. The summed E-state index contributed by atoms with van der Waals surface area (Å²) >= 11 is 0. The van der Waals surface area contributed by atoms with Crippen molar-refractivity contribution in [3.63, 3.8) is 0 Å². The van der Waals surface area contributed by atoms with Crippen LogP contribution in [0.25, 0.3) is 0 Å². The lowest BCUT2D eigenvalue weighted by molar-refractivity contribution is 0.0303. The summed E-state index contributed by atoms with van der Waals surface area (Å²) in [7, 11) is -3.14. The van der Waals surface area contributed by atoms with Crippen molar-refractivity contribution in [2.75, 3.05) is 12.3 Å². The quantitative estimate of drug-likeness (QED) is 0.774. The van der Waals surface area contributed by atoms with E-state index in [2.05, 4.69) is 5.32 Å². The fraction of sp³-hybridized carbons (Fsp3) is 0.625. The first-order valence-electron chi connectivity index (χ1n) is 7.56. The van der Waals surface area contributed by atoms with E-state index in [-0.39, 0.29) is 11.8 Å². The topological polar surface area (TPSA) is 66.4 Å². The third-order valence-electron chi connectivity index (χ3n) is 4.17. The van der Waals surface area contributed by atoms with Gasteiger partial charge in [-0.3, -0.25) is 0 Å². The van der Waals surface area contributed by atoms with Gasteiger partial charge in [-0.1, -0.05) is 32.9 Å². The third-order valence-corrected chi connectivity index (χ3v) is 5.92. The van der Waals surface area contributed by atoms with Crippen LogP contribution in [0.3, 0.4) is 0 Å². The van der Waals surface area contributed by atoms with E-state index in [4.69, 9.17) is 0 Å². The first-order chi connectivity index (χ1) is 9.78. The molecule has 0 bridgehead atoms. The van der Waals surface area contributed by atoms with E-state index < -0.39 is 15.4 Å². The Balaban J connectivity index is 2.74. The van der Waals surface area contributed by atoms with Crippen LogP contribution in [-0.4, -0.2) is 31.4 Å². The molecule has 4 nitrogen and oxygen atoms in total. The van der Waals surface area contributed by atoms with Gasteiger partial charge >= 0.3 is 0 Å². The molecule has 1 aromatic rings. The Hall–Kier alpha value is -0.910. The molecule has 0 saturated carbocycles. The summed E-state index contributed by atoms with van der Waals surface area (Å²) in [5.41, 5.74) is 0.333. The molecule has 5 heteroatoms. The Bertz CT molecular complexity index is 533. The zero-order valence-electron chi connectivity index (χ0n) is 13.4. The lowest BCUT2D eigenvalue weighted by Gasteiger charge is -2.27. The highest BCUT2D eigenvalue weighted by atomic mass is 32.2. The highest BCUT2D eigenvalue weighted by Gasteiger charge is 2.22. The van der Waals surface area contributed by atoms with Gasteiger partial charge in [0.05, 0.1) is 16.2 Å². The largest absolute Gasteiger partial charge is 0.389 e. The number of aliphatic hydroxyl groups is 1. The second-order valence-electron chi connectivity index (χ2n) is 5.51. The van der Waals surface area contributed by atoms with Gasteiger partial charge in [0.25, 0.3) is 0 Å². The average molecular weight is 313 g/mol. The molecule has 1 aromatic carbocycles. The van der Waals surface area contributed by atoms with Crippen LogP contribution < -0.4 is 5.32 Å². The van der Waals surface area contributed by atoms with E-state index >= 15 is 0 Å². The van der Waals surface area contributed by atoms with Crippen molar-refractivity contribution < 1.29 is 13.5 Å². The Morgan fingerprint density at radius 1 is 1.14 bits per heavy atom. The number of sulfone groups is 1. The van der Waals surface area contributed by atoms with Crippen molar-refractivity contribution in [2.45, 2.75) is 57.1 Å². The zero-order chi connectivity index (χ0) is 16.1. The maximum absolute atomic E-state index is 11.8. The van der Waals surface area contributed by atoms with Crippen LogP contribution >= 0.6 is 0 Å². The van der Waals surface area contributed by atoms with E-state index in [1.165, 1.54) is 0 Å². The molecule has 0 aliphatic carbocycles. The van der Waals surface area contributed by atoms with Crippen molar-refractivity contribution in [2.24, 2.45) is 0 Å². The highest BCUT2D eigenvalue weighted by molar-refractivity contribution is 7.91. The number of benzene rings is 1. The molecule has 1 atom stereocenters. The molecule has 0 heterocycles. The van der Waals surface area contributed by atoms with Crippen molar-refractivity contribution >= 4 is 9.84 Å². The van der Waals surface area contributed by atoms with Crippen LogP contribution in [0.1, 0.15) is 52.1 Å². The number of hydrogen-bond donors (Lipinski definition) is 2. The maximum Gasteiger partial charge on any atom is 0.178 e. The van der Waals surface area contributed by atoms with Crippen molar-refractivity contribution in [3.8, 4) is 0 Å². The normalized spacial score (nSPS) is 14.1. The van der Waals surface area contributed by atoms with Gasteiger partial charge in [0, 0.05) is 12.6 Å². The van der Waals surface area contributed by atoms with Gasteiger partial charge in [0.2, 0.25) is 0 Å². The molecule has 0 fully saturated rings. The summed E-state index contributed by atoms with van der Waals surface area (Å²) in [6, 6.07) is 7.03.